The minimum absolute atomic E-state index is 0.0756. The van der Waals surface area contributed by atoms with E-state index in [9.17, 15) is 4.79 Å². The van der Waals surface area contributed by atoms with Crippen molar-refractivity contribution in [3.63, 3.8) is 0 Å². The first-order valence-electron chi connectivity index (χ1n) is 7.08. The van der Waals surface area contributed by atoms with Crippen molar-refractivity contribution in [2.24, 2.45) is 0 Å². The molecule has 1 unspecified atom stereocenters. The Kier molecular flexibility index (Phi) is 7.19. The summed E-state index contributed by atoms with van der Waals surface area (Å²) in [6.07, 6.45) is 2.38. The molecule has 0 bridgehead atoms. The van der Waals surface area contributed by atoms with Gasteiger partial charge in [-0.15, -0.1) is 0 Å². The molecule has 0 aliphatic carbocycles. The molecule has 0 spiro atoms. The number of rotatable bonds is 8. The maximum absolute atomic E-state index is 11.4. The Morgan fingerprint density at radius 1 is 1.37 bits per heavy atom. The van der Waals surface area contributed by atoms with Gasteiger partial charge in [0.15, 0.2) is 0 Å². The summed E-state index contributed by atoms with van der Waals surface area (Å²) in [6, 6.07) is 8.29. The number of hydrogen-bond acceptors (Lipinski definition) is 3. The van der Waals surface area contributed by atoms with Crippen LogP contribution >= 0.6 is 0 Å². The summed E-state index contributed by atoms with van der Waals surface area (Å²) >= 11 is 0. The van der Waals surface area contributed by atoms with Gasteiger partial charge in [-0.2, -0.15) is 0 Å². The highest BCUT2D eigenvalue weighted by atomic mass is 16.5. The standard InChI is InChI=1S/C16H25NO2/c1-4-5-10-16(18)19-14(3)11-17-12-15-9-7-6-8-13(15)2/h6-9,14,17H,4-5,10-12H2,1-3H3. The number of carbonyl (C=O) groups excluding carboxylic acids is 1. The van der Waals surface area contributed by atoms with E-state index in [1.807, 2.05) is 19.1 Å². The predicted molar refractivity (Wildman–Crippen MR) is 78.0 cm³/mol. The summed E-state index contributed by atoms with van der Waals surface area (Å²) in [6.45, 7) is 7.59. The average molecular weight is 263 g/mol. The SMILES string of the molecule is CCCCC(=O)OC(C)CNCc1ccccc1C. The summed E-state index contributed by atoms with van der Waals surface area (Å²) < 4.78 is 5.32. The van der Waals surface area contributed by atoms with Gasteiger partial charge in [0, 0.05) is 19.5 Å². The largest absolute Gasteiger partial charge is 0.461 e. The van der Waals surface area contributed by atoms with E-state index in [1.165, 1.54) is 11.1 Å². The highest BCUT2D eigenvalue weighted by molar-refractivity contribution is 5.69. The number of benzene rings is 1. The lowest BCUT2D eigenvalue weighted by Crippen LogP contribution is -2.28. The molecule has 106 valence electrons. The van der Waals surface area contributed by atoms with Crippen LogP contribution in [0.5, 0.6) is 0 Å². The molecule has 19 heavy (non-hydrogen) atoms. The summed E-state index contributed by atoms with van der Waals surface area (Å²) in [7, 11) is 0. The zero-order valence-corrected chi connectivity index (χ0v) is 12.2. The van der Waals surface area contributed by atoms with Gasteiger partial charge in [-0.3, -0.25) is 4.79 Å². The third kappa shape index (κ3) is 6.39. The van der Waals surface area contributed by atoms with Crippen molar-refractivity contribution in [3.05, 3.63) is 35.4 Å². The molecule has 0 aliphatic heterocycles. The van der Waals surface area contributed by atoms with Crippen molar-refractivity contribution in [1.29, 1.82) is 0 Å². The molecule has 0 radical (unpaired) electrons. The Morgan fingerprint density at radius 3 is 2.79 bits per heavy atom. The van der Waals surface area contributed by atoms with Crippen molar-refractivity contribution in [1.82, 2.24) is 5.32 Å². The predicted octanol–water partition coefficient (Wildman–Crippen LogP) is 3.21. The second-order valence-corrected chi connectivity index (χ2v) is 4.96. The van der Waals surface area contributed by atoms with Crippen molar-refractivity contribution in [2.75, 3.05) is 6.54 Å². The van der Waals surface area contributed by atoms with Gasteiger partial charge in [-0.1, -0.05) is 37.6 Å². The molecule has 1 aromatic carbocycles. The molecule has 1 rings (SSSR count). The number of esters is 1. The smallest absolute Gasteiger partial charge is 0.306 e. The van der Waals surface area contributed by atoms with Crippen LogP contribution < -0.4 is 5.32 Å². The Morgan fingerprint density at radius 2 is 2.11 bits per heavy atom. The minimum atomic E-state index is -0.0907. The van der Waals surface area contributed by atoms with Crippen molar-refractivity contribution >= 4 is 5.97 Å². The lowest BCUT2D eigenvalue weighted by atomic mass is 10.1. The van der Waals surface area contributed by atoms with E-state index in [-0.39, 0.29) is 12.1 Å². The summed E-state index contributed by atoms with van der Waals surface area (Å²) in [5.74, 6) is -0.0907. The molecular formula is C16H25NO2. The fourth-order valence-electron chi connectivity index (χ4n) is 1.86. The number of hydrogen-bond donors (Lipinski definition) is 1. The van der Waals surface area contributed by atoms with Gasteiger partial charge in [0.2, 0.25) is 0 Å². The molecule has 0 fully saturated rings. The molecule has 3 nitrogen and oxygen atoms in total. The van der Waals surface area contributed by atoms with Crippen LogP contribution in [0.4, 0.5) is 0 Å². The summed E-state index contributed by atoms with van der Waals surface area (Å²) in [5, 5.41) is 3.33. The van der Waals surface area contributed by atoms with Crippen LogP contribution in [0.3, 0.4) is 0 Å². The zero-order chi connectivity index (χ0) is 14.1. The Bertz CT molecular complexity index is 390. The molecule has 0 aromatic heterocycles. The Balaban J connectivity index is 2.22. The second-order valence-electron chi connectivity index (χ2n) is 4.96. The normalized spacial score (nSPS) is 12.2. The molecule has 1 aromatic rings. The molecule has 0 saturated carbocycles. The van der Waals surface area contributed by atoms with E-state index >= 15 is 0 Å². The minimum Gasteiger partial charge on any atom is -0.461 e. The quantitative estimate of drug-likeness (QED) is 0.732. The van der Waals surface area contributed by atoms with Crippen molar-refractivity contribution in [3.8, 4) is 0 Å². The maximum atomic E-state index is 11.4. The number of carbonyl (C=O) groups is 1. The lowest BCUT2D eigenvalue weighted by molar-refractivity contribution is -0.148. The van der Waals surface area contributed by atoms with E-state index in [2.05, 4.69) is 31.3 Å². The van der Waals surface area contributed by atoms with Gasteiger partial charge in [-0.05, 0) is 31.4 Å². The highest BCUT2D eigenvalue weighted by Gasteiger charge is 2.08. The van der Waals surface area contributed by atoms with Gasteiger partial charge in [0.25, 0.3) is 0 Å². The number of unbranched alkanes of at least 4 members (excludes halogenated alkanes) is 1. The first-order valence-corrected chi connectivity index (χ1v) is 7.08. The first-order chi connectivity index (χ1) is 9.13. The fourth-order valence-corrected chi connectivity index (χ4v) is 1.86. The average Bonchev–Trinajstić information content (AvgIpc) is 2.38. The number of aryl methyl sites for hydroxylation is 1. The van der Waals surface area contributed by atoms with Gasteiger partial charge >= 0.3 is 5.97 Å². The van der Waals surface area contributed by atoms with Crippen LogP contribution in [0, 0.1) is 6.92 Å². The lowest BCUT2D eigenvalue weighted by Gasteiger charge is -2.14. The summed E-state index contributed by atoms with van der Waals surface area (Å²) in [4.78, 5) is 11.4. The van der Waals surface area contributed by atoms with Crippen LogP contribution in [0.15, 0.2) is 24.3 Å². The van der Waals surface area contributed by atoms with Crippen LogP contribution in [-0.4, -0.2) is 18.6 Å². The zero-order valence-electron chi connectivity index (χ0n) is 12.2. The third-order valence-electron chi connectivity index (χ3n) is 3.08. The fraction of sp³-hybridized carbons (Fsp3) is 0.562. The topological polar surface area (TPSA) is 38.3 Å². The van der Waals surface area contributed by atoms with Crippen LogP contribution in [0.2, 0.25) is 0 Å². The highest BCUT2D eigenvalue weighted by Crippen LogP contribution is 2.06. The van der Waals surface area contributed by atoms with Gasteiger partial charge in [-0.25, -0.2) is 0 Å². The monoisotopic (exact) mass is 263 g/mol. The second kappa shape index (κ2) is 8.70. The molecule has 0 heterocycles. The maximum Gasteiger partial charge on any atom is 0.306 e. The van der Waals surface area contributed by atoms with Crippen molar-refractivity contribution in [2.45, 2.75) is 52.7 Å². The van der Waals surface area contributed by atoms with E-state index in [1.54, 1.807) is 0 Å². The molecule has 0 aliphatic rings. The first kappa shape index (κ1) is 15.7. The number of nitrogens with one attached hydrogen (secondary N) is 1. The van der Waals surface area contributed by atoms with Gasteiger partial charge < -0.3 is 10.1 Å². The van der Waals surface area contributed by atoms with E-state index in [0.29, 0.717) is 13.0 Å². The van der Waals surface area contributed by atoms with E-state index in [4.69, 9.17) is 4.74 Å². The molecule has 0 amide bonds. The van der Waals surface area contributed by atoms with Gasteiger partial charge in [0.1, 0.15) is 6.10 Å². The van der Waals surface area contributed by atoms with E-state index in [0.717, 1.165) is 19.4 Å². The van der Waals surface area contributed by atoms with Crippen LogP contribution in [0.1, 0.15) is 44.2 Å². The molecule has 0 saturated heterocycles. The Labute approximate surface area is 116 Å². The van der Waals surface area contributed by atoms with Crippen LogP contribution in [-0.2, 0) is 16.1 Å². The molecule has 1 N–H and O–H groups in total. The van der Waals surface area contributed by atoms with Crippen LogP contribution in [0.25, 0.3) is 0 Å². The molecular weight excluding hydrogens is 238 g/mol. The van der Waals surface area contributed by atoms with Gasteiger partial charge in [0.05, 0.1) is 0 Å². The Hall–Kier alpha value is -1.35. The third-order valence-corrected chi connectivity index (χ3v) is 3.08. The molecule has 1 atom stereocenters. The summed E-state index contributed by atoms with van der Waals surface area (Å²) in [5.41, 5.74) is 2.56. The van der Waals surface area contributed by atoms with E-state index < -0.39 is 0 Å². The number of ether oxygens (including phenoxy) is 1. The molecule has 3 heteroatoms. The van der Waals surface area contributed by atoms with Crippen molar-refractivity contribution < 1.29 is 9.53 Å².